The summed E-state index contributed by atoms with van der Waals surface area (Å²) in [4.78, 5) is 0. The van der Waals surface area contributed by atoms with Gasteiger partial charge in [0, 0.05) is 35.5 Å². The molecule has 1 aliphatic heterocycles. The second-order valence-corrected chi connectivity index (χ2v) is 6.82. The van der Waals surface area contributed by atoms with Gasteiger partial charge in [0.05, 0.1) is 0 Å². The first-order valence-corrected chi connectivity index (χ1v) is 8.26. The zero-order chi connectivity index (χ0) is 11.4. The number of hydrogen-bond donors (Lipinski definition) is 1. The van der Waals surface area contributed by atoms with Crippen molar-refractivity contribution in [2.24, 2.45) is 0 Å². The van der Waals surface area contributed by atoms with Crippen LogP contribution in [0.25, 0.3) is 0 Å². The summed E-state index contributed by atoms with van der Waals surface area (Å²) in [5.74, 6) is 4.91. The van der Waals surface area contributed by atoms with Crippen LogP contribution in [0.2, 0.25) is 0 Å². The minimum atomic E-state index is 0.693. The highest BCUT2D eigenvalue weighted by atomic mass is 32.2. The molecule has 3 nitrogen and oxygen atoms in total. The molecule has 0 aliphatic carbocycles. The molecule has 2 rings (SSSR count). The first-order chi connectivity index (χ1) is 7.81. The summed E-state index contributed by atoms with van der Waals surface area (Å²) in [6.07, 6.45) is 2.13. The van der Waals surface area contributed by atoms with Gasteiger partial charge in [-0.3, -0.25) is 5.10 Å². The Kier molecular flexibility index (Phi) is 4.79. The van der Waals surface area contributed by atoms with E-state index in [2.05, 4.69) is 45.2 Å². The number of rotatable bonds is 4. The number of aryl methyl sites for hydroxylation is 1. The lowest BCUT2D eigenvalue weighted by Crippen LogP contribution is -2.21. The van der Waals surface area contributed by atoms with Crippen molar-refractivity contribution in [1.82, 2.24) is 14.8 Å². The summed E-state index contributed by atoms with van der Waals surface area (Å²) in [7, 11) is 0. The Morgan fingerprint density at radius 2 is 2.44 bits per heavy atom. The third-order valence-electron chi connectivity index (χ3n) is 2.58. The number of H-pyrrole nitrogens is 1. The zero-order valence-corrected chi connectivity index (χ0v) is 11.9. The predicted molar refractivity (Wildman–Crippen MR) is 75.0 cm³/mol. The second-order valence-electron chi connectivity index (χ2n) is 3.87. The highest BCUT2D eigenvalue weighted by Crippen LogP contribution is 2.25. The summed E-state index contributed by atoms with van der Waals surface area (Å²) in [5.41, 5.74) is 0. The van der Waals surface area contributed by atoms with Gasteiger partial charge in [-0.15, -0.1) is 0 Å². The molecule has 0 spiro atoms. The largest absolute Gasteiger partial charge is 0.303 e. The Labute approximate surface area is 110 Å². The number of aromatic nitrogens is 3. The molecule has 0 bridgehead atoms. The van der Waals surface area contributed by atoms with Gasteiger partial charge in [0.1, 0.15) is 5.82 Å². The lowest BCUT2D eigenvalue weighted by molar-refractivity contribution is 0.636. The third kappa shape index (κ3) is 3.05. The molecule has 0 amide bonds. The van der Waals surface area contributed by atoms with Crippen LogP contribution < -0.4 is 0 Å². The number of hydrogen-bond acceptors (Lipinski definition) is 4. The maximum atomic E-state index is 5.28. The number of nitrogens with zero attached hydrogens (tertiary/aromatic N) is 2. The molecule has 1 atom stereocenters. The van der Waals surface area contributed by atoms with E-state index < -0.39 is 0 Å². The van der Waals surface area contributed by atoms with Crippen molar-refractivity contribution in [3.05, 3.63) is 10.6 Å². The molecule has 6 heteroatoms. The summed E-state index contributed by atoms with van der Waals surface area (Å²) in [6, 6.07) is 0. The lowest BCUT2D eigenvalue weighted by Gasteiger charge is -2.21. The fourth-order valence-electron chi connectivity index (χ4n) is 1.80. The molecule has 1 saturated heterocycles. The van der Waals surface area contributed by atoms with E-state index in [4.69, 9.17) is 12.2 Å². The van der Waals surface area contributed by atoms with E-state index in [1.807, 2.05) is 0 Å². The first-order valence-electron chi connectivity index (χ1n) is 5.64. The highest BCUT2D eigenvalue weighted by molar-refractivity contribution is 8.06. The topological polar surface area (TPSA) is 33.6 Å². The standard InChI is InChI=1S/C10H17N3S3/c1-2-3-9-11-12-10(14)13(9)6-8-7-15-4-5-16-8/h8H,2-7H2,1H3,(H,12,14). The van der Waals surface area contributed by atoms with Crippen molar-refractivity contribution < 1.29 is 0 Å². The third-order valence-corrected chi connectivity index (χ3v) is 5.72. The van der Waals surface area contributed by atoms with Crippen LogP contribution in [-0.4, -0.2) is 37.3 Å². The van der Waals surface area contributed by atoms with Gasteiger partial charge in [-0.1, -0.05) is 6.92 Å². The molecule has 1 unspecified atom stereocenters. The lowest BCUT2D eigenvalue weighted by atomic mass is 10.3. The Balaban J connectivity index is 2.06. The molecule has 1 N–H and O–H groups in total. The minimum Gasteiger partial charge on any atom is -0.303 e. The summed E-state index contributed by atoms with van der Waals surface area (Å²) >= 11 is 9.40. The molecule has 1 aliphatic rings. The maximum Gasteiger partial charge on any atom is 0.195 e. The van der Waals surface area contributed by atoms with E-state index in [0.29, 0.717) is 5.25 Å². The first kappa shape index (κ1) is 12.5. The van der Waals surface area contributed by atoms with E-state index in [0.717, 1.165) is 30.0 Å². The van der Waals surface area contributed by atoms with E-state index in [9.17, 15) is 0 Å². The average molecular weight is 275 g/mol. The van der Waals surface area contributed by atoms with Crippen molar-refractivity contribution in [2.75, 3.05) is 17.3 Å². The highest BCUT2D eigenvalue weighted by Gasteiger charge is 2.17. The van der Waals surface area contributed by atoms with Crippen LogP contribution in [0.5, 0.6) is 0 Å². The van der Waals surface area contributed by atoms with Gasteiger partial charge < -0.3 is 4.57 Å². The van der Waals surface area contributed by atoms with Crippen LogP contribution in [0.15, 0.2) is 0 Å². The number of aromatic amines is 1. The Hall–Kier alpha value is 0.0600. The van der Waals surface area contributed by atoms with Gasteiger partial charge >= 0.3 is 0 Å². The molecule has 1 aromatic heterocycles. The van der Waals surface area contributed by atoms with Gasteiger partial charge in [0.25, 0.3) is 0 Å². The number of thioether (sulfide) groups is 2. The summed E-state index contributed by atoms with van der Waals surface area (Å²) in [6.45, 7) is 3.19. The monoisotopic (exact) mass is 275 g/mol. The van der Waals surface area contributed by atoms with Crippen molar-refractivity contribution in [1.29, 1.82) is 0 Å². The van der Waals surface area contributed by atoms with Gasteiger partial charge in [0.15, 0.2) is 4.77 Å². The van der Waals surface area contributed by atoms with E-state index >= 15 is 0 Å². The Morgan fingerprint density at radius 1 is 1.56 bits per heavy atom. The van der Waals surface area contributed by atoms with E-state index in [1.54, 1.807) is 0 Å². The predicted octanol–water partition coefficient (Wildman–Crippen LogP) is 2.74. The van der Waals surface area contributed by atoms with Crippen LogP contribution in [0, 0.1) is 4.77 Å². The van der Waals surface area contributed by atoms with Crippen molar-refractivity contribution in [3.63, 3.8) is 0 Å². The quantitative estimate of drug-likeness (QED) is 0.857. The van der Waals surface area contributed by atoms with Crippen molar-refractivity contribution in [2.45, 2.75) is 31.6 Å². The number of nitrogens with one attached hydrogen (secondary N) is 1. The van der Waals surface area contributed by atoms with Gasteiger partial charge in [0.2, 0.25) is 0 Å². The van der Waals surface area contributed by atoms with Crippen LogP contribution in [0.4, 0.5) is 0 Å². The molecule has 90 valence electrons. The fraction of sp³-hybridized carbons (Fsp3) is 0.800. The SMILES string of the molecule is CCCc1n[nH]c(=S)n1CC1CSCCS1. The van der Waals surface area contributed by atoms with Crippen LogP contribution in [0.3, 0.4) is 0 Å². The Morgan fingerprint density at radius 3 is 3.12 bits per heavy atom. The summed E-state index contributed by atoms with van der Waals surface area (Å²) in [5, 5.41) is 7.91. The normalized spacial score (nSPS) is 21.2. The minimum absolute atomic E-state index is 0.693. The fourth-order valence-corrected chi connectivity index (χ4v) is 4.68. The smallest absolute Gasteiger partial charge is 0.195 e. The van der Waals surface area contributed by atoms with Crippen molar-refractivity contribution in [3.8, 4) is 0 Å². The molecular formula is C10H17N3S3. The van der Waals surface area contributed by atoms with Gasteiger partial charge in [-0.25, -0.2) is 0 Å². The summed E-state index contributed by atoms with van der Waals surface area (Å²) < 4.78 is 2.96. The van der Waals surface area contributed by atoms with Crippen LogP contribution in [0.1, 0.15) is 19.2 Å². The molecule has 16 heavy (non-hydrogen) atoms. The second kappa shape index (κ2) is 6.12. The molecule has 0 aromatic carbocycles. The van der Waals surface area contributed by atoms with Crippen molar-refractivity contribution >= 4 is 35.7 Å². The molecule has 1 fully saturated rings. The molecule has 2 heterocycles. The van der Waals surface area contributed by atoms with Gasteiger partial charge in [-0.2, -0.15) is 28.6 Å². The maximum absolute atomic E-state index is 5.28. The van der Waals surface area contributed by atoms with E-state index in [1.165, 1.54) is 17.3 Å². The zero-order valence-electron chi connectivity index (χ0n) is 9.44. The van der Waals surface area contributed by atoms with Crippen LogP contribution >= 0.6 is 35.7 Å². The molecule has 0 radical (unpaired) electrons. The van der Waals surface area contributed by atoms with Crippen LogP contribution in [-0.2, 0) is 13.0 Å². The molecule has 1 aromatic rings. The van der Waals surface area contributed by atoms with Gasteiger partial charge in [-0.05, 0) is 18.6 Å². The molecular weight excluding hydrogens is 258 g/mol. The van der Waals surface area contributed by atoms with E-state index in [-0.39, 0.29) is 0 Å². The Bertz CT molecular complexity index is 379. The molecule has 0 saturated carbocycles. The average Bonchev–Trinajstić information content (AvgIpc) is 2.64.